The maximum atomic E-state index is 10.8. The molecule has 3 rings (SSSR count). The Balaban J connectivity index is 0.00000385. The number of ether oxygens (including phenoxy) is 1. The minimum Gasteiger partial charge on any atom is -0.489 e. The van der Waals surface area contributed by atoms with Crippen molar-refractivity contribution in [3.05, 3.63) is 95.4 Å². The molecule has 3 aromatic carbocycles. The molecule has 0 unspecified atom stereocenters. The largest absolute Gasteiger partial charge is 0.489 e. The average molecular weight is 596 g/mol. The summed E-state index contributed by atoms with van der Waals surface area (Å²) in [6.45, 7) is 2.13. The van der Waals surface area contributed by atoms with Gasteiger partial charge in [0.15, 0.2) is 0 Å². The third kappa shape index (κ3) is 8.21. The summed E-state index contributed by atoms with van der Waals surface area (Å²) in [5, 5.41) is 18.8. The number of non-ortho nitro benzene ring substituents is 1. The molecule has 0 fully saturated rings. The molecule has 176 valence electrons. The fourth-order valence-electron chi connectivity index (χ4n) is 2.89. The second-order valence-corrected chi connectivity index (χ2v) is 8.97. The standard InChI is InChI=1S/C22H19BrCl3N3O3.ClH/c23-16-2-6-22(32-13-14-1-3-17(24)10-19(14)25)15(9-16)12-27-7-8-28-21-5-4-18(29(30)31)11-20(21)26;/h1-6,9-11,27-28H,7-8,12-13H2;1H. The number of hydrogen-bond donors (Lipinski definition) is 2. The molecule has 0 bridgehead atoms. The molecule has 0 atom stereocenters. The van der Waals surface area contributed by atoms with Crippen LogP contribution >= 0.6 is 63.1 Å². The predicted octanol–water partition coefficient (Wildman–Crippen LogP) is 7.52. The molecule has 0 amide bonds. The highest BCUT2D eigenvalue weighted by molar-refractivity contribution is 9.10. The molecule has 0 saturated heterocycles. The lowest BCUT2D eigenvalue weighted by Crippen LogP contribution is -2.22. The molecule has 0 saturated carbocycles. The van der Waals surface area contributed by atoms with Crippen LogP contribution in [-0.2, 0) is 13.2 Å². The molecule has 11 heteroatoms. The lowest BCUT2D eigenvalue weighted by atomic mass is 10.2. The van der Waals surface area contributed by atoms with E-state index in [1.165, 1.54) is 12.1 Å². The highest BCUT2D eigenvalue weighted by Crippen LogP contribution is 2.28. The fourth-order valence-corrected chi connectivity index (χ4v) is 4.00. The van der Waals surface area contributed by atoms with Crippen molar-refractivity contribution in [2.24, 2.45) is 0 Å². The van der Waals surface area contributed by atoms with Crippen LogP contribution in [0.2, 0.25) is 15.1 Å². The van der Waals surface area contributed by atoms with E-state index in [9.17, 15) is 10.1 Å². The Hall–Kier alpha value is -1.74. The van der Waals surface area contributed by atoms with E-state index in [1.807, 2.05) is 24.3 Å². The van der Waals surface area contributed by atoms with Gasteiger partial charge in [-0.25, -0.2) is 0 Å². The first-order chi connectivity index (χ1) is 15.3. The quantitative estimate of drug-likeness (QED) is 0.144. The molecule has 0 aromatic heterocycles. The van der Waals surface area contributed by atoms with Gasteiger partial charge in [-0.1, -0.05) is 56.8 Å². The number of nitrogens with one attached hydrogen (secondary N) is 2. The maximum Gasteiger partial charge on any atom is 0.271 e. The van der Waals surface area contributed by atoms with E-state index in [1.54, 1.807) is 18.2 Å². The molecule has 0 spiro atoms. The summed E-state index contributed by atoms with van der Waals surface area (Å²) in [5.74, 6) is 0.748. The van der Waals surface area contributed by atoms with E-state index in [4.69, 9.17) is 39.5 Å². The lowest BCUT2D eigenvalue weighted by Gasteiger charge is -2.14. The van der Waals surface area contributed by atoms with Gasteiger partial charge in [-0.15, -0.1) is 12.4 Å². The second kappa shape index (κ2) is 13.2. The van der Waals surface area contributed by atoms with E-state index in [-0.39, 0.29) is 18.1 Å². The van der Waals surface area contributed by atoms with Crippen molar-refractivity contribution < 1.29 is 9.66 Å². The Labute approximate surface area is 221 Å². The summed E-state index contributed by atoms with van der Waals surface area (Å²) in [4.78, 5) is 10.3. The minimum atomic E-state index is -0.476. The van der Waals surface area contributed by atoms with Crippen molar-refractivity contribution in [2.75, 3.05) is 18.4 Å². The molecule has 0 heterocycles. The third-order valence-corrected chi connectivity index (χ3v) is 5.91. The number of halogens is 5. The van der Waals surface area contributed by atoms with E-state index >= 15 is 0 Å². The SMILES string of the molecule is Cl.O=[N+]([O-])c1ccc(NCCNCc2cc(Br)ccc2OCc2ccc(Cl)cc2Cl)c(Cl)c1. The number of nitro groups is 1. The highest BCUT2D eigenvalue weighted by Gasteiger charge is 2.10. The summed E-state index contributed by atoms with van der Waals surface area (Å²) in [5.41, 5.74) is 2.44. The molecule has 0 aliphatic carbocycles. The van der Waals surface area contributed by atoms with E-state index in [0.717, 1.165) is 21.3 Å². The van der Waals surface area contributed by atoms with Crippen molar-refractivity contribution in [1.82, 2.24) is 5.32 Å². The maximum absolute atomic E-state index is 10.8. The van der Waals surface area contributed by atoms with Crippen LogP contribution in [0.25, 0.3) is 0 Å². The molecule has 0 aliphatic rings. The van der Waals surface area contributed by atoms with Gasteiger partial charge < -0.3 is 15.4 Å². The first kappa shape index (κ1) is 27.5. The van der Waals surface area contributed by atoms with E-state index in [0.29, 0.717) is 47.0 Å². The van der Waals surface area contributed by atoms with Crippen LogP contribution in [0.5, 0.6) is 5.75 Å². The minimum absolute atomic E-state index is 0. The van der Waals surface area contributed by atoms with Gasteiger partial charge in [0.25, 0.3) is 5.69 Å². The van der Waals surface area contributed by atoms with Gasteiger partial charge >= 0.3 is 0 Å². The van der Waals surface area contributed by atoms with Gasteiger partial charge in [0, 0.05) is 57.4 Å². The Bertz CT molecular complexity index is 1120. The van der Waals surface area contributed by atoms with Crippen molar-refractivity contribution in [3.8, 4) is 5.75 Å². The average Bonchev–Trinajstić information content (AvgIpc) is 2.74. The summed E-state index contributed by atoms with van der Waals surface area (Å²) in [7, 11) is 0. The van der Waals surface area contributed by atoms with Crippen molar-refractivity contribution in [2.45, 2.75) is 13.2 Å². The molecular formula is C22H20BrCl4N3O3. The van der Waals surface area contributed by atoms with Gasteiger partial charge in [-0.05, 0) is 36.4 Å². The molecule has 2 N–H and O–H groups in total. The third-order valence-electron chi connectivity index (χ3n) is 4.52. The van der Waals surface area contributed by atoms with Gasteiger partial charge in [0.05, 0.1) is 15.6 Å². The number of nitro benzene ring substituents is 1. The van der Waals surface area contributed by atoms with Gasteiger partial charge in [0.1, 0.15) is 12.4 Å². The van der Waals surface area contributed by atoms with Crippen LogP contribution in [0.4, 0.5) is 11.4 Å². The number of rotatable bonds is 10. The zero-order valence-electron chi connectivity index (χ0n) is 17.1. The fraction of sp³-hybridized carbons (Fsp3) is 0.182. The van der Waals surface area contributed by atoms with Crippen molar-refractivity contribution in [3.63, 3.8) is 0 Å². The Morgan fingerprint density at radius 3 is 2.42 bits per heavy atom. The summed E-state index contributed by atoms with van der Waals surface area (Å²) in [6, 6.07) is 15.5. The summed E-state index contributed by atoms with van der Waals surface area (Å²) >= 11 is 21.8. The summed E-state index contributed by atoms with van der Waals surface area (Å²) in [6.07, 6.45) is 0. The normalized spacial score (nSPS) is 10.4. The number of hydrogen-bond acceptors (Lipinski definition) is 5. The number of benzene rings is 3. The van der Waals surface area contributed by atoms with Gasteiger partial charge in [-0.3, -0.25) is 10.1 Å². The first-order valence-electron chi connectivity index (χ1n) is 9.57. The monoisotopic (exact) mass is 593 g/mol. The Kier molecular flexibility index (Phi) is 11.0. The smallest absolute Gasteiger partial charge is 0.271 e. The second-order valence-electron chi connectivity index (χ2n) is 6.80. The summed E-state index contributed by atoms with van der Waals surface area (Å²) < 4.78 is 6.94. The highest BCUT2D eigenvalue weighted by atomic mass is 79.9. The van der Waals surface area contributed by atoms with Crippen LogP contribution in [0, 0.1) is 10.1 Å². The van der Waals surface area contributed by atoms with Crippen LogP contribution < -0.4 is 15.4 Å². The van der Waals surface area contributed by atoms with E-state index in [2.05, 4.69) is 26.6 Å². The number of nitrogens with zero attached hydrogens (tertiary/aromatic N) is 1. The van der Waals surface area contributed by atoms with Gasteiger partial charge in [0.2, 0.25) is 0 Å². The molecule has 0 radical (unpaired) electrons. The zero-order valence-corrected chi connectivity index (χ0v) is 21.8. The molecular weight excluding hydrogens is 576 g/mol. The van der Waals surface area contributed by atoms with Crippen molar-refractivity contribution >= 4 is 74.5 Å². The Morgan fingerprint density at radius 1 is 0.939 bits per heavy atom. The van der Waals surface area contributed by atoms with Gasteiger partial charge in [-0.2, -0.15) is 0 Å². The molecule has 3 aromatic rings. The predicted molar refractivity (Wildman–Crippen MR) is 140 cm³/mol. The Morgan fingerprint density at radius 2 is 1.73 bits per heavy atom. The molecule has 0 aliphatic heterocycles. The topological polar surface area (TPSA) is 76.4 Å². The van der Waals surface area contributed by atoms with E-state index < -0.39 is 4.92 Å². The first-order valence-corrected chi connectivity index (χ1v) is 11.5. The zero-order chi connectivity index (χ0) is 23.1. The molecule has 6 nitrogen and oxygen atoms in total. The lowest BCUT2D eigenvalue weighted by molar-refractivity contribution is -0.384. The van der Waals surface area contributed by atoms with Crippen LogP contribution in [-0.4, -0.2) is 18.0 Å². The van der Waals surface area contributed by atoms with Crippen molar-refractivity contribution in [1.29, 1.82) is 0 Å². The van der Waals surface area contributed by atoms with Crippen LogP contribution in [0.3, 0.4) is 0 Å². The number of anilines is 1. The van der Waals surface area contributed by atoms with Crippen LogP contribution in [0.1, 0.15) is 11.1 Å². The van der Waals surface area contributed by atoms with Crippen LogP contribution in [0.15, 0.2) is 59.1 Å². The molecule has 33 heavy (non-hydrogen) atoms.